The molecular formula is C14H17FO3. The number of benzene rings is 1. The Hall–Kier alpha value is -1.71. The van der Waals surface area contributed by atoms with E-state index in [9.17, 15) is 14.0 Å². The summed E-state index contributed by atoms with van der Waals surface area (Å²) >= 11 is 0. The minimum atomic E-state index is -1.42. The van der Waals surface area contributed by atoms with Crippen molar-refractivity contribution in [2.45, 2.75) is 38.5 Å². The normalized spacial score (nSPS) is 13.7. The van der Waals surface area contributed by atoms with E-state index in [4.69, 9.17) is 4.74 Å². The Bertz CT molecular complexity index is 376. The number of Topliss-reactive ketones (excluding diaryl/α,β-unsaturated/α-hetero) is 1. The molecule has 1 aromatic carbocycles. The average molecular weight is 252 g/mol. The highest BCUT2D eigenvalue weighted by atomic mass is 19.1. The maximum absolute atomic E-state index is 12.7. The van der Waals surface area contributed by atoms with Crippen LogP contribution in [0.2, 0.25) is 0 Å². The molecule has 18 heavy (non-hydrogen) atoms. The van der Waals surface area contributed by atoms with Gasteiger partial charge in [0.25, 0.3) is 6.47 Å². The highest BCUT2D eigenvalue weighted by Crippen LogP contribution is 2.22. The van der Waals surface area contributed by atoms with Gasteiger partial charge in [0.05, 0.1) is 0 Å². The van der Waals surface area contributed by atoms with Crippen molar-refractivity contribution < 1.29 is 18.7 Å². The van der Waals surface area contributed by atoms with Crippen LogP contribution in [0.15, 0.2) is 30.3 Å². The molecule has 98 valence electrons. The lowest BCUT2D eigenvalue weighted by atomic mass is 10.0. The molecule has 0 amide bonds. The van der Waals surface area contributed by atoms with E-state index in [0.29, 0.717) is 19.3 Å². The zero-order valence-corrected chi connectivity index (χ0v) is 10.3. The van der Waals surface area contributed by atoms with Crippen molar-refractivity contribution in [3.05, 3.63) is 35.9 Å². The van der Waals surface area contributed by atoms with Gasteiger partial charge in [-0.2, -0.15) is 0 Å². The van der Waals surface area contributed by atoms with Gasteiger partial charge < -0.3 is 4.74 Å². The predicted molar refractivity (Wildman–Crippen MR) is 65.8 cm³/mol. The lowest BCUT2D eigenvalue weighted by Crippen LogP contribution is -2.12. The first kappa shape index (κ1) is 14.4. The van der Waals surface area contributed by atoms with Crippen LogP contribution in [-0.2, 0) is 14.3 Å². The molecule has 3 nitrogen and oxygen atoms in total. The van der Waals surface area contributed by atoms with E-state index < -0.39 is 12.0 Å². The molecule has 0 aliphatic rings. The van der Waals surface area contributed by atoms with Crippen molar-refractivity contribution in [1.82, 2.24) is 0 Å². The molecule has 0 saturated heterocycles. The SMILES string of the molecule is C[C@@H](F)C(=O)CCC[C@H](OC=O)c1ccccc1. The summed E-state index contributed by atoms with van der Waals surface area (Å²) in [5.41, 5.74) is 0.880. The first-order valence-electron chi connectivity index (χ1n) is 5.96. The first-order valence-corrected chi connectivity index (χ1v) is 5.96. The predicted octanol–water partition coefficient (Wildman–Crippen LogP) is 3.00. The summed E-state index contributed by atoms with van der Waals surface area (Å²) in [6.45, 7) is 1.64. The number of carbonyl (C=O) groups is 2. The maximum Gasteiger partial charge on any atom is 0.293 e. The van der Waals surface area contributed by atoms with E-state index in [0.717, 1.165) is 5.56 Å². The summed E-state index contributed by atoms with van der Waals surface area (Å²) in [5, 5.41) is 0. The molecule has 0 aliphatic carbocycles. The molecule has 0 heterocycles. The Morgan fingerprint density at radius 1 is 1.39 bits per heavy atom. The van der Waals surface area contributed by atoms with E-state index in [2.05, 4.69) is 0 Å². The molecule has 0 saturated carbocycles. The smallest absolute Gasteiger partial charge is 0.293 e. The number of carbonyl (C=O) groups excluding carboxylic acids is 2. The highest BCUT2D eigenvalue weighted by molar-refractivity contribution is 5.82. The first-order chi connectivity index (χ1) is 8.65. The van der Waals surface area contributed by atoms with Crippen LogP contribution in [0.5, 0.6) is 0 Å². The fourth-order valence-corrected chi connectivity index (χ4v) is 1.71. The van der Waals surface area contributed by atoms with Crippen molar-refractivity contribution >= 4 is 12.3 Å². The second kappa shape index (κ2) is 7.58. The number of halogens is 1. The Balaban J connectivity index is 2.49. The van der Waals surface area contributed by atoms with Gasteiger partial charge in [0.1, 0.15) is 6.10 Å². The van der Waals surface area contributed by atoms with E-state index in [1.165, 1.54) is 6.92 Å². The van der Waals surface area contributed by atoms with Crippen molar-refractivity contribution in [2.24, 2.45) is 0 Å². The van der Waals surface area contributed by atoms with Crippen LogP contribution >= 0.6 is 0 Å². The van der Waals surface area contributed by atoms with Gasteiger partial charge in [0.2, 0.25) is 0 Å². The maximum atomic E-state index is 12.7. The van der Waals surface area contributed by atoms with Crippen LogP contribution < -0.4 is 0 Å². The topological polar surface area (TPSA) is 43.4 Å². The standard InChI is InChI=1S/C14H17FO3/c1-11(15)13(17)8-5-9-14(18-10-16)12-6-3-2-4-7-12/h2-4,6-7,10-11,14H,5,8-9H2,1H3/t11-,14+/m1/s1. The van der Waals surface area contributed by atoms with Gasteiger partial charge in [0.15, 0.2) is 12.0 Å². The number of ether oxygens (including phenoxy) is 1. The van der Waals surface area contributed by atoms with E-state index in [-0.39, 0.29) is 12.5 Å². The number of alkyl halides is 1. The second-order valence-corrected chi connectivity index (χ2v) is 4.11. The molecule has 0 bridgehead atoms. The zero-order valence-electron chi connectivity index (χ0n) is 10.3. The van der Waals surface area contributed by atoms with Gasteiger partial charge >= 0.3 is 0 Å². The lowest BCUT2D eigenvalue weighted by Gasteiger charge is -2.15. The Labute approximate surface area is 106 Å². The fourth-order valence-electron chi connectivity index (χ4n) is 1.71. The number of hydrogen-bond donors (Lipinski definition) is 0. The molecule has 0 radical (unpaired) electrons. The van der Waals surface area contributed by atoms with E-state index in [1.54, 1.807) is 0 Å². The summed E-state index contributed by atoms with van der Waals surface area (Å²) in [6, 6.07) is 9.29. The summed E-state index contributed by atoms with van der Waals surface area (Å²) in [5.74, 6) is -0.409. The Morgan fingerprint density at radius 3 is 2.61 bits per heavy atom. The molecule has 1 rings (SSSR count). The van der Waals surface area contributed by atoms with Crippen molar-refractivity contribution in [1.29, 1.82) is 0 Å². The molecule has 0 aliphatic heterocycles. The van der Waals surface area contributed by atoms with Crippen molar-refractivity contribution in [3.63, 3.8) is 0 Å². The Kier molecular flexibility index (Phi) is 6.05. The summed E-state index contributed by atoms with van der Waals surface area (Å²) in [6.07, 6.45) is -0.608. The van der Waals surface area contributed by atoms with Crippen LogP contribution in [0.1, 0.15) is 37.9 Å². The molecule has 0 fully saturated rings. The zero-order chi connectivity index (χ0) is 13.4. The van der Waals surface area contributed by atoms with Gasteiger partial charge in [-0.3, -0.25) is 9.59 Å². The number of ketones is 1. The highest BCUT2D eigenvalue weighted by Gasteiger charge is 2.15. The third-order valence-corrected chi connectivity index (χ3v) is 2.72. The summed E-state index contributed by atoms with van der Waals surface area (Å²) < 4.78 is 17.6. The number of rotatable bonds is 8. The van der Waals surface area contributed by atoms with Crippen molar-refractivity contribution in [3.8, 4) is 0 Å². The molecule has 2 atom stereocenters. The molecule has 4 heteroatoms. The van der Waals surface area contributed by atoms with Crippen LogP contribution in [0.3, 0.4) is 0 Å². The van der Waals surface area contributed by atoms with Crippen LogP contribution in [0, 0.1) is 0 Å². The van der Waals surface area contributed by atoms with Crippen molar-refractivity contribution in [2.75, 3.05) is 0 Å². The molecule has 0 N–H and O–H groups in total. The molecule has 0 aromatic heterocycles. The third kappa shape index (κ3) is 4.65. The molecular weight excluding hydrogens is 235 g/mol. The van der Waals surface area contributed by atoms with Gasteiger partial charge in [-0.1, -0.05) is 30.3 Å². The summed E-state index contributed by atoms with van der Waals surface area (Å²) in [7, 11) is 0. The van der Waals surface area contributed by atoms with Gasteiger partial charge in [-0.25, -0.2) is 4.39 Å². The minimum Gasteiger partial charge on any atom is -0.460 e. The fraction of sp³-hybridized carbons (Fsp3) is 0.429. The molecule has 0 unspecified atom stereocenters. The van der Waals surface area contributed by atoms with Crippen LogP contribution in [0.4, 0.5) is 4.39 Å². The largest absolute Gasteiger partial charge is 0.460 e. The monoisotopic (exact) mass is 252 g/mol. The van der Waals surface area contributed by atoms with Gasteiger partial charge in [0, 0.05) is 6.42 Å². The number of hydrogen-bond acceptors (Lipinski definition) is 3. The third-order valence-electron chi connectivity index (χ3n) is 2.72. The molecule has 1 aromatic rings. The van der Waals surface area contributed by atoms with Crippen LogP contribution in [-0.4, -0.2) is 18.4 Å². The van der Waals surface area contributed by atoms with Gasteiger partial charge in [-0.15, -0.1) is 0 Å². The quantitative estimate of drug-likeness (QED) is 0.668. The Morgan fingerprint density at radius 2 is 2.06 bits per heavy atom. The van der Waals surface area contributed by atoms with Crippen LogP contribution in [0.25, 0.3) is 0 Å². The van der Waals surface area contributed by atoms with Gasteiger partial charge in [-0.05, 0) is 25.3 Å². The van der Waals surface area contributed by atoms with E-state index >= 15 is 0 Å². The van der Waals surface area contributed by atoms with E-state index in [1.807, 2.05) is 30.3 Å². The lowest BCUT2D eigenvalue weighted by molar-refractivity contribution is -0.134. The average Bonchev–Trinajstić information content (AvgIpc) is 2.38. The second-order valence-electron chi connectivity index (χ2n) is 4.11. The summed E-state index contributed by atoms with van der Waals surface area (Å²) in [4.78, 5) is 21.6. The minimum absolute atomic E-state index is 0.170. The molecule has 0 spiro atoms.